The number of carbonyl (C=O) groups excluding carboxylic acids is 1. The van der Waals surface area contributed by atoms with Crippen molar-refractivity contribution in [3.63, 3.8) is 0 Å². The summed E-state index contributed by atoms with van der Waals surface area (Å²) in [5, 5.41) is 2.69. The highest BCUT2D eigenvalue weighted by molar-refractivity contribution is 7.89. The second-order valence-electron chi connectivity index (χ2n) is 5.67. The Hall–Kier alpha value is -2.71. The summed E-state index contributed by atoms with van der Waals surface area (Å²) in [6.45, 7) is 4.37. The standard InChI is InChI=1S/C18H20N4O3S/c1-3-22(4-2)26(24,25)14-11-9-13(10-12-14)17(23)21-18-19-15-7-5-6-8-16(15)20-18/h5-12H,3-4H2,1-2H3,(H2,19,20,21,23). The van der Waals surface area contributed by atoms with E-state index in [-0.39, 0.29) is 10.8 Å². The van der Waals surface area contributed by atoms with Crippen molar-refractivity contribution in [1.82, 2.24) is 14.3 Å². The molecule has 3 rings (SSSR count). The number of amides is 1. The summed E-state index contributed by atoms with van der Waals surface area (Å²) in [7, 11) is -3.54. The van der Waals surface area contributed by atoms with E-state index < -0.39 is 10.0 Å². The van der Waals surface area contributed by atoms with E-state index in [1.54, 1.807) is 13.8 Å². The summed E-state index contributed by atoms with van der Waals surface area (Å²) in [6.07, 6.45) is 0. The molecule has 26 heavy (non-hydrogen) atoms. The van der Waals surface area contributed by atoms with Crippen LogP contribution in [0.15, 0.2) is 53.4 Å². The Bertz CT molecular complexity index is 989. The molecule has 0 unspecified atom stereocenters. The van der Waals surface area contributed by atoms with Crippen LogP contribution in [0.2, 0.25) is 0 Å². The largest absolute Gasteiger partial charge is 0.324 e. The third-order valence-electron chi connectivity index (χ3n) is 4.08. The van der Waals surface area contributed by atoms with Gasteiger partial charge in [0.1, 0.15) is 0 Å². The van der Waals surface area contributed by atoms with Crippen LogP contribution >= 0.6 is 0 Å². The number of aromatic amines is 1. The summed E-state index contributed by atoms with van der Waals surface area (Å²) in [5.74, 6) is -0.0214. The molecular weight excluding hydrogens is 352 g/mol. The number of benzene rings is 2. The Morgan fingerprint density at radius 2 is 1.73 bits per heavy atom. The van der Waals surface area contributed by atoms with Crippen molar-refractivity contribution in [3.8, 4) is 0 Å². The number of hydrogen-bond acceptors (Lipinski definition) is 4. The first kappa shape index (κ1) is 18.1. The second-order valence-corrected chi connectivity index (χ2v) is 7.61. The van der Waals surface area contributed by atoms with Gasteiger partial charge in [0.2, 0.25) is 16.0 Å². The van der Waals surface area contributed by atoms with Gasteiger partial charge < -0.3 is 4.98 Å². The lowest BCUT2D eigenvalue weighted by molar-refractivity contribution is 0.102. The van der Waals surface area contributed by atoms with Crippen LogP contribution in [0.1, 0.15) is 24.2 Å². The van der Waals surface area contributed by atoms with Gasteiger partial charge in [-0.1, -0.05) is 26.0 Å². The van der Waals surface area contributed by atoms with Crippen LogP contribution in [-0.2, 0) is 10.0 Å². The Morgan fingerprint density at radius 3 is 2.35 bits per heavy atom. The lowest BCUT2D eigenvalue weighted by atomic mass is 10.2. The van der Waals surface area contributed by atoms with E-state index in [4.69, 9.17) is 0 Å². The maximum atomic E-state index is 12.5. The lowest BCUT2D eigenvalue weighted by Gasteiger charge is -2.18. The first-order valence-electron chi connectivity index (χ1n) is 8.32. The molecule has 136 valence electrons. The van der Waals surface area contributed by atoms with Gasteiger partial charge in [-0.2, -0.15) is 4.31 Å². The van der Waals surface area contributed by atoms with Gasteiger partial charge >= 0.3 is 0 Å². The van der Waals surface area contributed by atoms with E-state index in [9.17, 15) is 13.2 Å². The third-order valence-corrected chi connectivity index (χ3v) is 6.15. The molecule has 0 aliphatic rings. The third kappa shape index (κ3) is 3.47. The average molecular weight is 372 g/mol. The molecule has 0 fully saturated rings. The van der Waals surface area contributed by atoms with Crippen molar-refractivity contribution in [2.75, 3.05) is 18.4 Å². The fourth-order valence-corrected chi connectivity index (χ4v) is 4.14. The fraction of sp³-hybridized carbons (Fsp3) is 0.222. The van der Waals surface area contributed by atoms with Crippen molar-refractivity contribution in [2.45, 2.75) is 18.7 Å². The van der Waals surface area contributed by atoms with Crippen molar-refractivity contribution in [3.05, 3.63) is 54.1 Å². The maximum absolute atomic E-state index is 12.5. The number of nitrogens with one attached hydrogen (secondary N) is 2. The van der Waals surface area contributed by atoms with Gasteiger partial charge in [-0.15, -0.1) is 0 Å². The quantitative estimate of drug-likeness (QED) is 0.695. The minimum atomic E-state index is -3.54. The average Bonchev–Trinajstić information content (AvgIpc) is 3.04. The predicted octanol–water partition coefficient (Wildman–Crippen LogP) is 2.85. The molecule has 0 saturated heterocycles. The Labute approximate surface area is 152 Å². The van der Waals surface area contributed by atoms with Crippen molar-refractivity contribution in [2.24, 2.45) is 0 Å². The molecule has 0 bridgehead atoms. The number of hydrogen-bond donors (Lipinski definition) is 2. The van der Waals surface area contributed by atoms with Gasteiger partial charge in [-0.05, 0) is 36.4 Å². The molecule has 2 N–H and O–H groups in total. The van der Waals surface area contributed by atoms with Gasteiger partial charge in [0.05, 0.1) is 15.9 Å². The topological polar surface area (TPSA) is 95.2 Å². The molecular formula is C18H20N4O3S. The van der Waals surface area contributed by atoms with Crippen LogP contribution in [0.25, 0.3) is 11.0 Å². The van der Waals surface area contributed by atoms with E-state index in [1.165, 1.54) is 28.6 Å². The molecule has 1 heterocycles. The highest BCUT2D eigenvalue weighted by atomic mass is 32.2. The smallest absolute Gasteiger partial charge is 0.257 e. The van der Waals surface area contributed by atoms with E-state index in [0.29, 0.717) is 24.6 Å². The summed E-state index contributed by atoms with van der Waals surface area (Å²) in [6, 6.07) is 13.3. The SMILES string of the molecule is CCN(CC)S(=O)(=O)c1ccc(C(=O)Nc2nc3ccccc3[nH]2)cc1. The number of aromatic nitrogens is 2. The zero-order chi connectivity index (χ0) is 18.7. The zero-order valence-electron chi connectivity index (χ0n) is 14.6. The molecule has 0 saturated carbocycles. The Morgan fingerprint density at radius 1 is 1.08 bits per heavy atom. The molecule has 0 radical (unpaired) electrons. The molecule has 8 heteroatoms. The molecule has 1 amide bonds. The fourth-order valence-electron chi connectivity index (χ4n) is 2.68. The monoisotopic (exact) mass is 372 g/mol. The number of imidazole rings is 1. The Balaban J connectivity index is 1.78. The molecule has 7 nitrogen and oxygen atoms in total. The number of H-pyrrole nitrogens is 1. The highest BCUT2D eigenvalue weighted by Gasteiger charge is 2.21. The van der Waals surface area contributed by atoms with Crippen molar-refractivity contribution in [1.29, 1.82) is 0 Å². The Kier molecular flexibility index (Phi) is 5.06. The first-order chi connectivity index (χ1) is 12.5. The van der Waals surface area contributed by atoms with Crippen LogP contribution in [0, 0.1) is 0 Å². The second kappa shape index (κ2) is 7.27. The number of carbonyl (C=O) groups is 1. The number of nitrogens with zero attached hydrogens (tertiary/aromatic N) is 2. The molecule has 0 spiro atoms. The zero-order valence-corrected chi connectivity index (χ0v) is 15.4. The summed E-state index contributed by atoms with van der Waals surface area (Å²) in [5.41, 5.74) is 1.93. The highest BCUT2D eigenvalue weighted by Crippen LogP contribution is 2.18. The summed E-state index contributed by atoms with van der Waals surface area (Å²) >= 11 is 0. The minimum absolute atomic E-state index is 0.168. The van der Waals surface area contributed by atoms with Crippen LogP contribution < -0.4 is 5.32 Å². The molecule has 2 aromatic carbocycles. The van der Waals surface area contributed by atoms with Gasteiger partial charge in [-0.3, -0.25) is 10.1 Å². The van der Waals surface area contributed by atoms with E-state index in [0.717, 1.165) is 11.0 Å². The van der Waals surface area contributed by atoms with Gasteiger partial charge in [0, 0.05) is 18.7 Å². The van der Waals surface area contributed by atoms with E-state index >= 15 is 0 Å². The van der Waals surface area contributed by atoms with Gasteiger partial charge in [0.15, 0.2) is 0 Å². The van der Waals surface area contributed by atoms with Crippen molar-refractivity contribution >= 4 is 32.9 Å². The van der Waals surface area contributed by atoms with Crippen LogP contribution in [0.3, 0.4) is 0 Å². The number of para-hydroxylation sites is 2. The number of fused-ring (bicyclic) bond motifs is 1. The van der Waals surface area contributed by atoms with Gasteiger partial charge in [-0.25, -0.2) is 13.4 Å². The van der Waals surface area contributed by atoms with Crippen LogP contribution in [-0.4, -0.2) is 41.7 Å². The molecule has 0 aliphatic heterocycles. The first-order valence-corrected chi connectivity index (χ1v) is 9.76. The molecule has 1 aromatic heterocycles. The van der Waals surface area contributed by atoms with Gasteiger partial charge in [0.25, 0.3) is 5.91 Å². The van der Waals surface area contributed by atoms with E-state index in [1.807, 2.05) is 24.3 Å². The summed E-state index contributed by atoms with van der Waals surface area (Å²) < 4.78 is 26.3. The lowest BCUT2D eigenvalue weighted by Crippen LogP contribution is -2.30. The maximum Gasteiger partial charge on any atom is 0.257 e. The normalized spacial score (nSPS) is 11.8. The molecule has 0 atom stereocenters. The van der Waals surface area contributed by atoms with Crippen molar-refractivity contribution < 1.29 is 13.2 Å². The number of rotatable bonds is 6. The minimum Gasteiger partial charge on any atom is -0.324 e. The van der Waals surface area contributed by atoms with Crippen LogP contribution in [0.5, 0.6) is 0 Å². The summed E-state index contributed by atoms with van der Waals surface area (Å²) in [4.78, 5) is 19.8. The molecule has 3 aromatic rings. The van der Waals surface area contributed by atoms with Crippen LogP contribution in [0.4, 0.5) is 5.95 Å². The number of sulfonamides is 1. The van der Waals surface area contributed by atoms with E-state index in [2.05, 4.69) is 15.3 Å². The predicted molar refractivity (Wildman–Crippen MR) is 101 cm³/mol. The molecule has 0 aliphatic carbocycles. The number of anilines is 1.